The minimum Gasteiger partial charge on any atom is -0.358 e. The molecule has 0 aliphatic heterocycles. The molecule has 4 heteroatoms. The van der Waals surface area contributed by atoms with Gasteiger partial charge in [-0.25, -0.2) is 4.98 Å². The first-order chi connectivity index (χ1) is 9.28. The molecule has 0 spiro atoms. The molecule has 0 atom stereocenters. The lowest BCUT2D eigenvalue weighted by Gasteiger charge is -1.96. The molecule has 0 aliphatic rings. The fourth-order valence-corrected chi connectivity index (χ4v) is 3.07. The van der Waals surface area contributed by atoms with Crippen LogP contribution in [-0.4, -0.2) is 16.3 Å². The largest absolute Gasteiger partial charge is 0.358 e. The van der Waals surface area contributed by atoms with Gasteiger partial charge in [0.05, 0.1) is 11.2 Å². The topological polar surface area (TPSA) is 45.8 Å². The highest BCUT2D eigenvalue weighted by Gasteiger charge is 2.06. The number of benzene rings is 1. The van der Waals surface area contributed by atoms with Crippen LogP contribution in [0.1, 0.15) is 26.6 Å². The van der Waals surface area contributed by atoms with Crippen molar-refractivity contribution in [1.82, 2.24) is 9.97 Å². The second-order valence-electron chi connectivity index (χ2n) is 4.58. The Bertz CT molecular complexity index is 727. The molecule has 0 saturated carbocycles. The molecular weight excluding hydrogens is 256 g/mol. The maximum atomic E-state index is 11.0. The van der Waals surface area contributed by atoms with Gasteiger partial charge in [-0.1, -0.05) is 12.1 Å². The predicted octanol–water partition coefficient (Wildman–Crippen LogP) is 3.53. The molecule has 0 aliphatic carbocycles. The lowest BCUT2D eigenvalue weighted by atomic mass is 10.1. The SMILES string of the molecule is Cc1ncsc1CCc1cc2c(C=O)cccc2[nH]1. The summed E-state index contributed by atoms with van der Waals surface area (Å²) in [6.45, 7) is 2.04. The molecule has 0 amide bonds. The normalized spacial score (nSPS) is 11.0. The summed E-state index contributed by atoms with van der Waals surface area (Å²) < 4.78 is 0. The van der Waals surface area contributed by atoms with Gasteiger partial charge in [-0.15, -0.1) is 11.3 Å². The number of aryl methyl sites for hydroxylation is 3. The molecule has 19 heavy (non-hydrogen) atoms. The molecule has 0 saturated heterocycles. The summed E-state index contributed by atoms with van der Waals surface area (Å²) >= 11 is 1.70. The minimum atomic E-state index is 0.744. The Hall–Kier alpha value is -1.94. The number of fused-ring (bicyclic) bond motifs is 1. The summed E-state index contributed by atoms with van der Waals surface area (Å²) in [7, 11) is 0. The lowest BCUT2D eigenvalue weighted by Crippen LogP contribution is -1.90. The van der Waals surface area contributed by atoms with Gasteiger partial charge in [-0.2, -0.15) is 0 Å². The van der Waals surface area contributed by atoms with Crippen molar-refractivity contribution in [3.8, 4) is 0 Å². The van der Waals surface area contributed by atoms with E-state index in [2.05, 4.69) is 16.0 Å². The van der Waals surface area contributed by atoms with Crippen LogP contribution in [0.2, 0.25) is 0 Å². The van der Waals surface area contributed by atoms with Crippen LogP contribution in [0.4, 0.5) is 0 Å². The van der Waals surface area contributed by atoms with Crippen molar-refractivity contribution in [3.05, 3.63) is 51.6 Å². The van der Waals surface area contributed by atoms with Gasteiger partial charge in [-0.05, 0) is 31.9 Å². The lowest BCUT2D eigenvalue weighted by molar-refractivity contribution is 0.112. The summed E-state index contributed by atoms with van der Waals surface area (Å²) in [6, 6.07) is 7.83. The number of nitrogens with one attached hydrogen (secondary N) is 1. The van der Waals surface area contributed by atoms with Gasteiger partial charge >= 0.3 is 0 Å². The first-order valence-corrected chi connectivity index (χ1v) is 7.10. The third-order valence-corrected chi connectivity index (χ3v) is 4.34. The maximum Gasteiger partial charge on any atom is 0.150 e. The molecule has 1 aromatic carbocycles. The van der Waals surface area contributed by atoms with E-state index in [0.717, 1.165) is 47.0 Å². The summed E-state index contributed by atoms with van der Waals surface area (Å²) in [5.74, 6) is 0. The second-order valence-corrected chi connectivity index (χ2v) is 5.52. The Morgan fingerprint density at radius 1 is 1.37 bits per heavy atom. The molecule has 96 valence electrons. The van der Waals surface area contributed by atoms with Crippen molar-refractivity contribution in [3.63, 3.8) is 0 Å². The van der Waals surface area contributed by atoms with Gasteiger partial charge in [0, 0.05) is 27.0 Å². The average molecular weight is 270 g/mol. The third kappa shape index (κ3) is 2.31. The van der Waals surface area contributed by atoms with E-state index in [1.165, 1.54) is 4.88 Å². The van der Waals surface area contributed by atoms with Gasteiger partial charge in [0.2, 0.25) is 0 Å². The van der Waals surface area contributed by atoms with E-state index in [1.807, 2.05) is 30.6 Å². The van der Waals surface area contributed by atoms with Crippen molar-refractivity contribution >= 4 is 28.5 Å². The van der Waals surface area contributed by atoms with Crippen molar-refractivity contribution in [2.24, 2.45) is 0 Å². The van der Waals surface area contributed by atoms with E-state index >= 15 is 0 Å². The highest BCUT2D eigenvalue weighted by molar-refractivity contribution is 7.09. The fraction of sp³-hybridized carbons (Fsp3) is 0.200. The summed E-state index contributed by atoms with van der Waals surface area (Å²) in [6.07, 6.45) is 2.84. The number of thiazole rings is 1. The predicted molar refractivity (Wildman–Crippen MR) is 77.9 cm³/mol. The molecule has 0 radical (unpaired) electrons. The van der Waals surface area contributed by atoms with Crippen LogP contribution < -0.4 is 0 Å². The highest BCUT2D eigenvalue weighted by atomic mass is 32.1. The zero-order valence-corrected chi connectivity index (χ0v) is 11.5. The zero-order valence-electron chi connectivity index (χ0n) is 10.6. The van der Waals surface area contributed by atoms with Crippen molar-refractivity contribution in [1.29, 1.82) is 0 Å². The molecule has 3 nitrogen and oxygen atoms in total. The number of nitrogens with zero attached hydrogens (tertiary/aromatic N) is 1. The van der Waals surface area contributed by atoms with Crippen LogP contribution in [-0.2, 0) is 12.8 Å². The van der Waals surface area contributed by atoms with E-state index < -0.39 is 0 Å². The van der Waals surface area contributed by atoms with Crippen molar-refractivity contribution in [2.45, 2.75) is 19.8 Å². The van der Waals surface area contributed by atoms with E-state index in [9.17, 15) is 4.79 Å². The Morgan fingerprint density at radius 2 is 2.26 bits per heavy atom. The van der Waals surface area contributed by atoms with E-state index in [-0.39, 0.29) is 0 Å². The molecular formula is C15H14N2OS. The molecule has 0 bridgehead atoms. The molecule has 3 rings (SSSR count). The van der Waals surface area contributed by atoms with Crippen LogP contribution in [0.15, 0.2) is 29.8 Å². The number of rotatable bonds is 4. The number of carbonyl (C=O) groups excluding carboxylic acids is 1. The van der Waals surface area contributed by atoms with E-state index in [1.54, 1.807) is 11.3 Å². The second kappa shape index (κ2) is 4.97. The molecule has 0 fully saturated rings. The number of hydrogen-bond acceptors (Lipinski definition) is 3. The number of H-pyrrole nitrogens is 1. The summed E-state index contributed by atoms with van der Waals surface area (Å²) in [5.41, 5.74) is 5.95. The smallest absolute Gasteiger partial charge is 0.150 e. The number of carbonyl (C=O) groups is 1. The van der Waals surface area contributed by atoms with Gasteiger partial charge < -0.3 is 4.98 Å². The Labute approximate surface area is 115 Å². The Balaban J connectivity index is 1.86. The van der Waals surface area contributed by atoms with E-state index in [4.69, 9.17) is 0 Å². The zero-order chi connectivity index (χ0) is 13.2. The van der Waals surface area contributed by atoms with Crippen molar-refractivity contribution in [2.75, 3.05) is 0 Å². The van der Waals surface area contributed by atoms with Gasteiger partial charge in [0.25, 0.3) is 0 Å². The molecule has 0 unspecified atom stereocenters. The number of aromatic nitrogens is 2. The standard InChI is InChI=1S/C15H14N2OS/c1-10-15(19-9-16-10)6-5-12-7-13-11(8-18)3-2-4-14(13)17-12/h2-4,7-9,17H,5-6H2,1H3. The van der Waals surface area contributed by atoms with Crippen LogP contribution in [0.5, 0.6) is 0 Å². The van der Waals surface area contributed by atoms with Crippen LogP contribution >= 0.6 is 11.3 Å². The van der Waals surface area contributed by atoms with Crippen molar-refractivity contribution < 1.29 is 4.79 Å². The van der Waals surface area contributed by atoms with Crippen LogP contribution in [0.25, 0.3) is 10.9 Å². The maximum absolute atomic E-state index is 11.0. The van der Waals surface area contributed by atoms with Gasteiger partial charge in [-0.3, -0.25) is 4.79 Å². The first kappa shape index (κ1) is 12.1. The summed E-state index contributed by atoms with van der Waals surface area (Å²) in [4.78, 5) is 20.0. The van der Waals surface area contributed by atoms with Gasteiger partial charge in [0.15, 0.2) is 6.29 Å². The highest BCUT2D eigenvalue weighted by Crippen LogP contribution is 2.21. The summed E-state index contributed by atoms with van der Waals surface area (Å²) in [5, 5.41) is 1.01. The first-order valence-electron chi connectivity index (χ1n) is 6.22. The average Bonchev–Trinajstić information content (AvgIpc) is 3.01. The number of hydrogen-bond donors (Lipinski definition) is 1. The number of aldehydes is 1. The third-order valence-electron chi connectivity index (χ3n) is 3.35. The number of aromatic amines is 1. The van der Waals surface area contributed by atoms with E-state index in [0.29, 0.717) is 0 Å². The fourth-order valence-electron chi connectivity index (χ4n) is 2.29. The Morgan fingerprint density at radius 3 is 3.00 bits per heavy atom. The van der Waals surface area contributed by atoms with Crippen LogP contribution in [0.3, 0.4) is 0 Å². The molecule has 2 heterocycles. The molecule has 3 aromatic rings. The molecule has 2 aromatic heterocycles. The minimum absolute atomic E-state index is 0.744. The van der Waals surface area contributed by atoms with Gasteiger partial charge in [0.1, 0.15) is 0 Å². The quantitative estimate of drug-likeness (QED) is 0.737. The Kier molecular flexibility index (Phi) is 3.17. The molecule has 1 N–H and O–H groups in total. The monoisotopic (exact) mass is 270 g/mol. The van der Waals surface area contributed by atoms with Crippen LogP contribution in [0, 0.1) is 6.92 Å².